The molecule has 0 aliphatic heterocycles. The van der Waals surface area contributed by atoms with Gasteiger partial charge in [-0.25, -0.2) is 0 Å². The molecule has 0 saturated heterocycles. The second-order valence-electron chi connectivity index (χ2n) is 14.0. The summed E-state index contributed by atoms with van der Waals surface area (Å²) in [5.74, 6) is 0. The van der Waals surface area contributed by atoms with E-state index < -0.39 is 0 Å². The molecule has 0 nitrogen and oxygen atoms in total. The Morgan fingerprint density at radius 1 is 0.375 bits per heavy atom. The van der Waals surface area contributed by atoms with Crippen molar-refractivity contribution in [2.45, 2.75) is 24.7 Å². The zero-order valence-corrected chi connectivity index (χ0v) is 36.5. The summed E-state index contributed by atoms with van der Waals surface area (Å²) in [7, 11) is 0.777. The summed E-state index contributed by atoms with van der Waals surface area (Å²) in [6.07, 6.45) is 12.0. The van der Waals surface area contributed by atoms with Gasteiger partial charge >= 0.3 is 26.2 Å². The van der Waals surface area contributed by atoms with E-state index in [1.165, 1.54) is 63.9 Å². The van der Waals surface area contributed by atoms with Crippen LogP contribution >= 0.6 is 24.8 Å². The molecule has 2 atom stereocenters. The van der Waals surface area contributed by atoms with E-state index in [4.69, 9.17) is 0 Å². The van der Waals surface area contributed by atoms with E-state index in [1.54, 1.807) is 0 Å². The first-order chi connectivity index (χ1) is 26.0. The van der Waals surface area contributed by atoms with Crippen LogP contribution in [0.3, 0.4) is 0 Å². The third-order valence-electron chi connectivity index (χ3n) is 10.1. The third kappa shape index (κ3) is 9.34. The van der Waals surface area contributed by atoms with Gasteiger partial charge in [0, 0.05) is 0 Å². The van der Waals surface area contributed by atoms with Crippen molar-refractivity contribution in [2.75, 3.05) is 0 Å². The number of benzene rings is 8. The van der Waals surface area contributed by atoms with Gasteiger partial charge in [0.1, 0.15) is 9.52 Å². The van der Waals surface area contributed by atoms with Crippen molar-refractivity contribution in [1.29, 1.82) is 0 Å². The summed E-state index contributed by atoms with van der Waals surface area (Å²) in [6.45, 7) is 4.49. The second-order valence-corrected chi connectivity index (χ2v) is 15.4. The molecule has 2 aliphatic carbocycles. The maximum Gasteiger partial charge on any atom is 2.00 e. The van der Waals surface area contributed by atoms with E-state index in [0.29, 0.717) is 0 Å². The van der Waals surface area contributed by atoms with Gasteiger partial charge in [-0.1, -0.05) is 182 Å². The van der Waals surface area contributed by atoms with Crippen molar-refractivity contribution in [3.05, 3.63) is 226 Å². The molecule has 8 aromatic carbocycles. The molecule has 0 spiro atoms. The molecular weight excluding hydrogens is 815 g/mol. The Labute approximate surface area is 364 Å². The van der Waals surface area contributed by atoms with E-state index in [-0.39, 0.29) is 61.8 Å². The van der Waals surface area contributed by atoms with Gasteiger partial charge in [-0.2, -0.15) is 34.7 Å². The first kappa shape index (κ1) is 42.6. The predicted molar refractivity (Wildman–Crippen MR) is 242 cm³/mol. The zero-order valence-electron chi connectivity index (χ0n) is 31.4. The van der Waals surface area contributed by atoms with Crippen LogP contribution in [0, 0.1) is 0 Å². The Morgan fingerprint density at radius 2 is 0.714 bits per heavy atom. The third-order valence-corrected chi connectivity index (χ3v) is 11.4. The first-order valence-corrected chi connectivity index (χ1v) is 19.3. The molecule has 0 bridgehead atoms. The zero-order chi connectivity index (χ0) is 36.1. The fourth-order valence-corrected chi connectivity index (χ4v) is 8.64. The Balaban J connectivity index is 0.000000160. The first-order valence-electron chi connectivity index (χ1n) is 18.3. The second kappa shape index (κ2) is 19.1. The minimum atomic E-state index is -0.148. The van der Waals surface area contributed by atoms with Crippen molar-refractivity contribution >= 4 is 90.6 Å². The van der Waals surface area contributed by atoms with Crippen molar-refractivity contribution < 1.29 is 26.2 Å². The molecule has 4 heteroatoms. The van der Waals surface area contributed by atoms with Gasteiger partial charge in [-0.3, -0.25) is 0 Å². The van der Waals surface area contributed by atoms with Gasteiger partial charge in [0.05, 0.1) is 0 Å². The fraction of sp³-hybridized carbons (Fsp3) is 0.0769. The summed E-state index contributed by atoms with van der Waals surface area (Å²) in [5.41, 5.74) is 2.35. The van der Waals surface area contributed by atoms with Crippen LogP contribution in [-0.4, -0.2) is 9.52 Å². The molecule has 0 amide bonds. The molecule has 0 saturated carbocycles. The van der Waals surface area contributed by atoms with E-state index in [2.05, 4.69) is 232 Å². The molecule has 0 aromatic heterocycles. The van der Waals surface area contributed by atoms with E-state index in [0.717, 1.165) is 9.52 Å². The van der Waals surface area contributed by atoms with Crippen molar-refractivity contribution in [1.82, 2.24) is 0 Å². The fourth-order valence-electron chi connectivity index (χ4n) is 7.58. The Morgan fingerprint density at radius 3 is 1.12 bits per heavy atom. The maximum absolute atomic E-state index is 3.66. The number of hydrogen-bond donors (Lipinski definition) is 0. The van der Waals surface area contributed by atoms with Gasteiger partial charge in [0.2, 0.25) is 0 Å². The summed E-state index contributed by atoms with van der Waals surface area (Å²) in [5, 5.41) is 13.0. The smallest absolute Gasteiger partial charge is 0.189 e. The molecule has 56 heavy (non-hydrogen) atoms. The monoisotopic (exact) mass is 854 g/mol. The number of fused-ring (bicyclic) bond motifs is 4. The minimum absolute atomic E-state index is 0. The molecule has 0 fully saturated rings. The van der Waals surface area contributed by atoms with E-state index in [9.17, 15) is 0 Å². The van der Waals surface area contributed by atoms with Crippen LogP contribution in [0.5, 0.6) is 0 Å². The topological polar surface area (TPSA) is 0 Å². The van der Waals surface area contributed by atoms with Crippen LogP contribution in [0.15, 0.2) is 194 Å². The predicted octanol–water partition coefficient (Wildman–Crippen LogP) is 8.68. The summed E-state index contributed by atoms with van der Waals surface area (Å²) in [6, 6.07) is 68.3. The van der Waals surface area contributed by atoms with Gasteiger partial charge in [-0.15, -0.1) is 71.7 Å². The summed E-state index contributed by atoms with van der Waals surface area (Å²) >= 11 is 0. The quantitative estimate of drug-likeness (QED) is 0.123. The van der Waals surface area contributed by atoms with E-state index in [1.807, 2.05) is 0 Å². The van der Waals surface area contributed by atoms with E-state index >= 15 is 0 Å². The summed E-state index contributed by atoms with van der Waals surface area (Å²) < 4.78 is 0. The molecule has 2 radical (unpaired) electrons. The minimum Gasteiger partial charge on any atom is -0.189 e. The Hall–Kier alpha value is -4.56. The SMILES string of the molecule is CC1(c2cccc3ccccc23)[C-]=c2ccccc2=C1.CC1(c2cccc3ccccc23)[C-]=c2ccccc2=C1.Cl.Cl.[Zr+2].c1ccc([Si]c2ccccc2)cc1. The van der Waals surface area contributed by atoms with Crippen LogP contribution in [0.25, 0.3) is 45.8 Å². The normalized spacial score (nSPS) is 16.8. The molecule has 2 unspecified atom stereocenters. The summed E-state index contributed by atoms with van der Waals surface area (Å²) in [4.78, 5) is 0. The van der Waals surface area contributed by atoms with Crippen molar-refractivity contribution in [2.24, 2.45) is 0 Å². The van der Waals surface area contributed by atoms with Crippen LogP contribution in [-0.2, 0) is 37.0 Å². The number of hydrogen-bond acceptors (Lipinski definition) is 0. The Kier molecular flexibility index (Phi) is 14.5. The van der Waals surface area contributed by atoms with Crippen LogP contribution < -0.4 is 31.2 Å². The molecule has 10 rings (SSSR count). The van der Waals surface area contributed by atoms with Crippen molar-refractivity contribution in [3.8, 4) is 0 Å². The van der Waals surface area contributed by atoms with Crippen LogP contribution in [0.4, 0.5) is 0 Å². The van der Waals surface area contributed by atoms with Gasteiger partial charge in [0.25, 0.3) is 0 Å². The van der Waals surface area contributed by atoms with Gasteiger partial charge in [0.15, 0.2) is 0 Å². The maximum atomic E-state index is 3.66. The van der Waals surface area contributed by atoms with Gasteiger partial charge < -0.3 is 0 Å². The molecular formula is C52H42Cl2SiZr. The number of rotatable bonds is 4. The Bertz CT molecular complexity index is 2530. The van der Waals surface area contributed by atoms with Crippen LogP contribution in [0.1, 0.15) is 25.0 Å². The van der Waals surface area contributed by atoms with Crippen molar-refractivity contribution in [3.63, 3.8) is 0 Å². The largest absolute Gasteiger partial charge is 2.00 e. The molecule has 2 aliphatic rings. The standard InChI is InChI=1S/2C20H15.C12H10Si.2ClH.Zr/c2*1-20(13-16-8-2-3-9-17(16)14-20)19-12-6-10-15-7-4-5-11-18(15)19;1-3-7-11(8-4-1)13-12-9-5-2-6-10-12;;;/h2*2-13H,1H3;1-10H;2*1H;/q2*-1;;;;+2. The van der Waals surface area contributed by atoms with Crippen LogP contribution in [0.2, 0.25) is 0 Å². The molecule has 0 N–H and O–H groups in total. The average Bonchev–Trinajstić information content (AvgIpc) is 3.75. The number of halogens is 2. The molecule has 272 valence electrons. The molecule has 8 aromatic rings. The molecule has 0 heterocycles. The van der Waals surface area contributed by atoms with Gasteiger partial charge in [-0.05, 0) is 43.5 Å². The average molecular weight is 857 g/mol.